The molecule has 0 spiro atoms. The van der Waals surface area contributed by atoms with Crippen LogP contribution in [-0.4, -0.2) is 23.2 Å². The molecule has 0 heterocycles. The van der Waals surface area contributed by atoms with Gasteiger partial charge in [-0.2, -0.15) is 0 Å². The largest absolute Gasteiger partial charge is 0.394 e. The quantitative estimate of drug-likeness (QED) is 0.845. The van der Waals surface area contributed by atoms with Gasteiger partial charge in [0.2, 0.25) is 5.91 Å². The van der Waals surface area contributed by atoms with Crippen molar-refractivity contribution in [1.29, 1.82) is 0 Å². The van der Waals surface area contributed by atoms with Gasteiger partial charge in [-0.1, -0.05) is 19.1 Å². The number of nitrogens with one attached hydrogen (secondary N) is 1. The monoisotopic (exact) mass is 253 g/mol. The summed E-state index contributed by atoms with van der Waals surface area (Å²) >= 11 is 0. The maximum Gasteiger partial charge on any atom is 0.221 e. The summed E-state index contributed by atoms with van der Waals surface area (Å²) in [5.41, 5.74) is 0.172. The van der Waals surface area contributed by atoms with Crippen molar-refractivity contribution in [3.63, 3.8) is 0 Å². The average Bonchev–Trinajstić information content (AvgIpc) is 2.28. The molecule has 0 saturated carbocycles. The number of amides is 1. The van der Waals surface area contributed by atoms with Crippen LogP contribution in [0.25, 0.3) is 0 Å². The molecule has 1 amide bonds. The number of carbonyl (C=O) groups is 1. The van der Waals surface area contributed by atoms with Crippen molar-refractivity contribution in [2.45, 2.75) is 38.6 Å². The van der Waals surface area contributed by atoms with Crippen LogP contribution in [0.4, 0.5) is 4.39 Å². The summed E-state index contributed by atoms with van der Waals surface area (Å²) in [5.74, 6) is -0.503. The summed E-state index contributed by atoms with van der Waals surface area (Å²) in [4.78, 5) is 11.8. The first-order chi connectivity index (χ1) is 8.34. The second-order valence-corrected chi connectivity index (χ2v) is 5.25. The van der Waals surface area contributed by atoms with Gasteiger partial charge in [-0.05, 0) is 37.5 Å². The first-order valence-electron chi connectivity index (χ1n) is 6.01. The molecule has 1 aromatic carbocycles. The van der Waals surface area contributed by atoms with E-state index in [1.165, 1.54) is 12.1 Å². The molecule has 0 aliphatic carbocycles. The molecule has 3 nitrogen and oxygen atoms in total. The van der Waals surface area contributed by atoms with E-state index in [-0.39, 0.29) is 30.7 Å². The number of rotatable bonds is 5. The predicted molar refractivity (Wildman–Crippen MR) is 68.7 cm³/mol. The second kappa shape index (κ2) is 5.96. The molecule has 100 valence electrons. The maximum absolute atomic E-state index is 13.1. The van der Waals surface area contributed by atoms with Crippen LogP contribution in [0, 0.1) is 5.82 Å². The minimum Gasteiger partial charge on any atom is -0.394 e. The van der Waals surface area contributed by atoms with Gasteiger partial charge in [0.15, 0.2) is 0 Å². The Morgan fingerprint density at radius 3 is 2.72 bits per heavy atom. The van der Waals surface area contributed by atoms with Gasteiger partial charge in [0.25, 0.3) is 0 Å². The third kappa shape index (κ3) is 4.45. The zero-order chi connectivity index (χ0) is 13.8. The van der Waals surface area contributed by atoms with E-state index in [9.17, 15) is 9.18 Å². The number of benzene rings is 1. The van der Waals surface area contributed by atoms with Gasteiger partial charge < -0.3 is 10.4 Å². The van der Waals surface area contributed by atoms with Crippen molar-refractivity contribution in [1.82, 2.24) is 5.32 Å². The Kier molecular flexibility index (Phi) is 4.84. The summed E-state index contributed by atoms with van der Waals surface area (Å²) in [6, 6.07) is 6.26. The highest BCUT2D eigenvalue weighted by Crippen LogP contribution is 2.20. The van der Waals surface area contributed by atoms with Crippen molar-refractivity contribution < 1.29 is 14.3 Å². The number of aliphatic hydroxyl groups excluding tert-OH is 1. The molecule has 0 aromatic heterocycles. The summed E-state index contributed by atoms with van der Waals surface area (Å²) in [6.07, 6.45) is 0.271. The van der Waals surface area contributed by atoms with Crippen molar-refractivity contribution in [2.24, 2.45) is 0 Å². The van der Waals surface area contributed by atoms with Gasteiger partial charge in [-0.15, -0.1) is 0 Å². The molecule has 0 fully saturated rings. The highest BCUT2D eigenvalue weighted by molar-refractivity contribution is 5.77. The van der Waals surface area contributed by atoms with Gasteiger partial charge in [0.05, 0.1) is 12.1 Å². The summed E-state index contributed by atoms with van der Waals surface area (Å²) in [6.45, 7) is 5.25. The molecule has 0 aliphatic rings. The fourth-order valence-corrected chi connectivity index (χ4v) is 1.68. The van der Waals surface area contributed by atoms with E-state index in [0.717, 1.165) is 5.56 Å². The lowest BCUT2D eigenvalue weighted by Crippen LogP contribution is -2.46. The number of hydrogen-bond donors (Lipinski definition) is 2. The van der Waals surface area contributed by atoms with E-state index in [4.69, 9.17) is 5.11 Å². The van der Waals surface area contributed by atoms with E-state index < -0.39 is 5.54 Å². The van der Waals surface area contributed by atoms with E-state index in [2.05, 4.69) is 5.32 Å². The van der Waals surface area contributed by atoms with Crippen LogP contribution in [-0.2, 0) is 4.79 Å². The minimum atomic E-state index is -0.626. The third-order valence-electron chi connectivity index (χ3n) is 2.78. The Bertz CT molecular complexity index is 418. The van der Waals surface area contributed by atoms with Gasteiger partial charge in [-0.3, -0.25) is 4.79 Å². The Morgan fingerprint density at radius 1 is 1.50 bits per heavy atom. The summed E-state index contributed by atoms with van der Waals surface area (Å²) in [7, 11) is 0. The highest BCUT2D eigenvalue weighted by atomic mass is 19.1. The molecule has 0 radical (unpaired) electrons. The predicted octanol–water partition coefficient (Wildman–Crippen LogP) is 2.21. The first-order valence-corrected chi connectivity index (χ1v) is 6.01. The van der Waals surface area contributed by atoms with E-state index in [1.54, 1.807) is 26.0 Å². The number of halogens is 1. The molecule has 0 bridgehead atoms. The number of aliphatic hydroxyl groups is 1. The van der Waals surface area contributed by atoms with Crippen LogP contribution in [0.15, 0.2) is 24.3 Å². The van der Waals surface area contributed by atoms with E-state index in [0.29, 0.717) is 0 Å². The van der Waals surface area contributed by atoms with Gasteiger partial charge >= 0.3 is 0 Å². The topological polar surface area (TPSA) is 49.3 Å². The Hall–Kier alpha value is -1.42. The summed E-state index contributed by atoms with van der Waals surface area (Å²) < 4.78 is 13.1. The van der Waals surface area contributed by atoms with Gasteiger partial charge in [0, 0.05) is 6.42 Å². The van der Waals surface area contributed by atoms with E-state index in [1.807, 2.05) is 6.92 Å². The third-order valence-corrected chi connectivity index (χ3v) is 2.78. The molecule has 4 heteroatoms. The zero-order valence-corrected chi connectivity index (χ0v) is 11.0. The van der Waals surface area contributed by atoms with Crippen molar-refractivity contribution in [2.75, 3.05) is 6.61 Å². The minimum absolute atomic E-state index is 0.0600. The fourth-order valence-electron chi connectivity index (χ4n) is 1.68. The molecule has 1 atom stereocenters. The number of hydrogen-bond acceptors (Lipinski definition) is 2. The molecular weight excluding hydrogens is 233 g/mol. The summed E-state index contributed by atoms with van der Waals surface area (Å²) in [5, 5.41) is 11.8. The number of carbonyl (C=O) groups excluding carboxylic acids is 1. The second-order valence-electron chi connectivity index (χ2n) is 5.25. The standard InChI is InChI=1S/C14H20FNO2/c1-10(11-5-4-6-12(15)8-11)7-13(18)16-14(2,3)9-17/h4-6,8,10,17H,7,9H2,1-3H3,(H,16,18). The van der Waals surface area contributed by atoms with Crippen LogP contribution in [0.2, 0.25) is 0 Å². The molecule has 0 saturated heterocycles. The highest BCUT2D eigenvalue weighted by Gasteiger charge is 2.20. The lowest BCUT2D eigenvalue weighted by atomic mass is 9.96. The van der Waals surface area contributed by atoms with Crippen LogP contribution in [0.5, 0.6) is 0 Å². The van der Waals surface area contributed by atoms with Crippen LogP contribution < -0.4 is 5.32 Å². The SMILES string of the molecule is CC(CC(=O)NC(C)(C)CO)c1cccc(F)c1. The molecule has 2 N–H and O–H groups in total. The van der Waals surface area contributed by atoms with Crippen molar-refractivity contribution >= 4 is 5.91 Å². The average molecular weight is 253 g/mol. The molecule has 1 rings (SSSR count). The Balaban J connectivity index is 2.60. The molecule has 1 aromatic rings. The van der Waals surface area contributed by atoms with Crippen LogP contribution in [0.3, 0.4) is 0 Å². The lowest BCUT2D eigenvalue weighted by Gasteiger charge is -2.24. The van der Waals surface area contributed by atoms with E-state index >= 15 is 0 Å². The Labute approximate surface area is 107 Å². The first kappa shape index (κ1) is 14.6. The molecule has 18 heavy (non-hydrogen) atoms. The molecule has 0 aliphatic heterocycles. The maximum atomic E-state index is 13.1. The van der Waals surface area contributed by atoms with Gasteiger partial charge in [0.1, 0.15) is 5.82 Å². The van der Waals surface area contributed by atoms with Gasteiger partial charge in [-0.25, -0.2) is 4.39 Å². The lowest BCUT2D eigenvalue weighted by molar-refractivity contribution is -0.123. The Morgan fingerprint density at radius 2 is 2.17 bits per heavy atom. The van der Waals surface area contributed by atoms with Crippen molar-refractivity contribution in [3.05, 3.63) is 35.6 Å². The normalized spacial score (nSPS) is 13.2. The fraction of sp³-hybridized carbons (Fsp3) is 0.500. The molecular formula is C14H20FNO2. The van der Waals surface area contributed by atoms with Crippen molar-refractivity contribution in [3.8, 4) is 0 Å². The zero-order valence-electron chi connectivity index (χ0n) is 11.0. The smallest absolute Gasteiger partial charge is 0.221 e. The molecule has 1 unspecified atom stereocenters. The van der Waals surface area contributed by atoms with Crippen LogP contribution >= 0.6 is 0 Å². The van der Waals surface area contributed by atoms with Crippen LogP contribution in [0.1, 0.15) is 38.7 Å².